The first-order chi connectivity index (χ1) is 16.0. The van der Waals surface area contributed by atoms with Crippen molar-refractivity contribution in [3.63, 3.8) is 0 Å². The Kier molecular flexibility index (Phi) is 5.51. The lowest BCUT2D eigenvalue weighted by molar-refractivity contribution is -0.00545. The summed E-state index contributed by atoms with van der Waals surface area (Å²) in [7, 11) is 0. The fourth-order valence-corrected chi connectivity index (χ4v) is 4.24. The zero-order chi connectivity index (χ0) is 22.9. The zero-order valence-corrected chi connectivity index (χ0v) is 18.8. The summed E-state index contributed by atoms with van der Waals surface area (Å²) in [4.78, 5) is 24.6. The minimum Gasteiger partial charge on any atom is -0.372 e. The van der Waals surface area contributed by atoms with Gasteiger partial charge in [0.15, 0.2) is 0 Å². The van der Waals surface area contributed by atoms with Crippen LogP contribution in [0.3, 0.4) is 0 Å². The first kappa shape index (κ1) is 21.1. The van der Waals surface area contributed by atoms with Crippen LogP contribution in [0.4, 0.5) is 11.5 Å². The fraction of sp³-hybridized carbons (Fsp3) is 0.280. The predicted octanol–water partition coefficient (Wildman–Crippen LogP) is 4.46. The maximum absolute atomic E-state index is 13.3. The van der Waals surface area contributed by atoms with E-state index in [4.69, 9.17) is 9.26 Å². The highest BCUT2D eigenvalue weighted by Gasteiger charge is 2.23. The second-order valence-corrected chi connectivity index (χ2v) is 8.39. The van der Waals surface area contributed by atoms with Crippen molar-refractivity contribution in [2.75, 3.05) is 23.3 Å². The number of hydrogen-bond donors (Lipinski definition) is 1. The van der Waals surface area contributed by atoms with E-state index in [0.29, 0.717) is 33.7 Å². The van der Waals surface area contributed by atoms with Crippen LogP contribution in [0.1, 0.15) is 29.9 Å². The normalized spacial score (nSPS) is 18.5. The largest absolute Gasteiger partial charge is 0.372 e. The lowest BCUT2D eigenvalue weighted by Crippen LogP contribution is -2.45. The second-order valence-electron chi connectivity index (χ2n) is 8.39. The molecule has 1 aliphatic rings. The van der Waals surface area contributed by atoms with Gasteiger partial charge in [-0.05, 0) is 39.0 Å². The van der Waals surface area contributed by atoms with Gasteiger partial charge in [0.25, 0.3) is 11.6 Å². The van der Waals surface area contributed by atoms with Gasteiger partial charge in [-0.2, -0.15) is 0 Å². The number of rotatable bonds is 4. The van der Waals surface area contributed by atoms with Crippen LogP contribution in [0.5, 0.6) is 0 Å². The number of carbonyl (C=O) groups is 1. The molecule has 8 heteroatoms. The lowest BCUT2D eigenvalue weighted by atomic mass is 10.1. The summed E-state index contributed by atoms with van der Waals surface area (Å²) in [6, 6.07) is 15.2. The van der Waals surface area contributed by atoms with Gasteiger partial charge in [0.05, 0.1) is 46.4 Å². The number of aryl methyl sites for hydroxylation is 1. The molecule has 0 bridgehead atoms. The van der Waals surface area contributed by atoms with Crippen LogP contribution in [0, 0.1) is 6.92 Å². The van der Waals surface area contributed by atoms with E-state index >= 15 is 0 Å². The van der Waals surface area contributed by atoms with Crippen molar-refractivity contribution < 1.29 is 14.1 Å². The second kappa shape index (κ2) is 8.63. The Labute approximate surface area is 191 Å². The number of fused-ring (bicyclic) bond motifs is 1. The third-order valence-electron chi connectivity index (χ3n) is 5.68. The molecule has 4 heterocycles. The van der Waals surface area contributed by atoms with Crippen LogP contribution in [0.25, 0.3) is 22.4 Å². The van der Waals surface area contributed by atoms with Crippen molar-refractivity contribution in [1.82, 2.24) is 15.1 Å². The molecular formula is C25H25N5O3. The van der Waals surface area contributed by atoms with Crippen LogP contribution in [-0.2, 0) is 4.74 Å². The monoisotopic (exact) mass is 443 g/mol. The van der Waals surface area contributed by atoms with Crippen molar-refractivity contribution in [2.24, 2.45) is 0 Å². The van der Waals surface area contributed by atoms with E-state index in [0.717, 1.165) is 24.5 Å². The number of morpholine rings is 1. The van der Waals surface area contributed by atoms with Crippen molar-refractivity contribution in [1.29, 1.82) is 0 Å². The molecule has 1 saturated heterocycles. The Balaban J connectivity index is 1.42. The molecule has 8 nitrogen and oxygen atoms in total. The topological polar surface area (TPSA) is 93.4 Å². The molecule has 2 unspecified atom stereocenters. The summed E-state index contributed by atoms with van der Waals surface area (Å²) in [6.07, 6.45) is 1.97. The number of hydrogen-bond acceptors (Lipinski definition) is 7. The molecular weight excluding hydrogens is 418 g/mol. The Morgan fingerprint density at radius 2 is 1.85 bits per heavy atom. The maximum Gasteiger partial charge on any atom is 0.259 e. The number of aromatic nitrogens is 3. The van der Waals surface area contributed by atoms with Gasteiger partial charge < -0.3 is 19.5 Å². The molecule has 168 valence electrons. The van der Waals surface area contributed by atoms with Gasteiger partial charge in [-0.1, -0.05) is 35.5 Å². The van der Waals surface area contributed by atoms with E-state index in [1.165, 1.54) is 0 Å². The van der Waals surface area contributed by atoms with E-state index in [9.17, 15) is 4.79 Å². The Hall–Kier alpha value is -3.78. The molecule has 0 spiro atoms. The average molecular weight is 444 g/mol. The van der Waals surface area contributed by atoms with Gasteiger partial charge in [-0.15, -0.1) is 0 Å². The fourth-order valence-electron chi connectivity index (χ4n) is 4.24. The predicted molar refractivity (Wildman–Crippen MR) is 126 cm³/mol. The number of anilines is 2. The van der Waals surface area contributed by atoms with E-state index < -0.39 is 0 Å². The van der Waals surface area contributed by atoms with Crippen LogP contribution in [0.15, 0.2) is 59.3 Å². The van der Waals surface area contributed by atoms with Crippen molar-refractivity contribution >= 4 is 28.5 Å². The standard InChI is InChI=1S/C25H25N5O3/c1-15-13-30(14-16(2)32-15)22-10-9-19(12-26-22)27-24(31)20-11-21(18-7-5-4-6-8-18)28-25-23(20)17(3)29-33-25/h4-12,15-16H,13-14H2,1-3H3,(H,27,31). The van der Waals surface area contributed by atoms with Crippen molar-refractivity contribution in [2.45, 2.75) is 33.0 Å². The molecule has 0 radical (unpaired) electrons. The number of nitrogens with zero attached hydrogens (tertiary/aromatic N) is 4. The summed E-state index contributed by atoms with van der Waals surface area (Å²) < 4.78 is 11.2. The smallest absolute Gasteiger partial charge is 0.259 e. The zero-order valence-electron chi connectivity index (χ0n) is 18.8. The molecule has 0 aliphatic carbocycles. The molecule has 3 aromatic heterocycles. The highest BCUT2D eigenvalue weighted by atomic mass is 16.5. The summed E-state index contributed by atoms with van der Waals surface area (Å²) in [6.45, 7) is 7.49. The summed E-state index contributed by atoms with van der Waals surface area (Å²) in [5.41, 5.74) is 3.56. The number of amides is 1. The number of ether oxygens (including phenoxy) is 1. The summed E-state index contributed by atoms with van der Waals surface area (Å²) in [5, 5.41) is 7.57. The first-order valence-corrected chi connectivity index (χ1v) is 11.0. The molecule has 1 amide bonds. The number of carbonyl (C=O) groups excluding carboxylic acids is 1. The minimum atomic E-state index is -0.269. The van der Waals surface area contributed by atoms with Crippen LogP contribution in [0.2, 0.25) is 0 Å². The van der Waals surface area contributed by atoms with E-state index in [2.05, 4.69) is 39.2 Å². The summed E-state index contributed by atoms with van der Waals surface area (Å²) in [5.74, 6) is 0.594. The molecule has 0 saturated carbocycles. The average Bonchev–Trinajstić information content (AvgIpc) is 3.19. The third-order valence-corrected chi connectivity index (χ3v) is 5.68. The highest BCUT2D eigenvalue weighted by Crippen LogP contribution is 2.28. The molecule has 1 aromatic carbocycles. The summed E-state index contributed by atoms with van der Waals surface area (Å²) >= 11 is 0. The number of pyridine rings is 2. The van der Waals surface area contributed by atoms with Crippen LogP contribution >= 0.6 is 0 Å². The lowest BCUT2D eigenvalue weighted by Gasteiger charge is -2.36. The quantitative estimate of drug-likeness (QED) is 0.498. The molecule has 2 atom stereocenters. The van der Waals surface area contributed by atoms with E-state index in [-0.39, 0.29) is 18.1 Å². The molecule has 1 aliphatic heterocycles. The number of nitrogens with one attached hydrogen (secondary N) is 1. The van der Waals surface area contributed by atoms with Gasteiger partial charge in [0.2, 0.25) is 0 Å². The van der Waals surface area contributed by atoms with Crippen LogP contribution in [-0.4, -0.2) is 46.3 Å². The van der Waals surface area contributed by atoms with Gasteiger partial charge in [0, 0.05) is 18.7 Å². The highest BCUT2D eigenvalue weighted by molar-refractivity contribution is 6.13. The Bertz CT molecular complexity index is 1280. The third kappa shape index (κ3) is 4.29. The molecule has 4 aromatic rings. The SMILES string of the molecule is Cc1noc2nc(-c3ccccc3)cc(C(=O)Nc3ccc(N4CC(C)OC(C)C4)nc3)c12. The first-order valence-electron chi connectivity index (χ1n) is 11.0. The Morgan fingerprint density at radius 3 is 2.55 bits per heavy atom. The number of benzene rings is 1. The van der Waals surface area contributed by atoms with Crippen molar-refractivity contribution in [3.8, 4) is 11.3 Å². The van der Waals surface area contributed by atoms with Gasteiger partial charge in [-0.25, -0.2) is 9.97 Å². The molecule has 1 N–H and O–H groups in total. The Morgan fingerprint density at radius 1 is 1.09 bits per heavy atom. The van der Waals surface area contributed by atoms with Crippen molar-refractivity contribution in [3.05, 3.63) is 66.0 Å². The minimum absolute atomic E-state index is 0.148. The van der Waals surface area contributed by atoms with E-state index in [1.54, 1.807) is 19.2 Å². The van der Waals surface area contributed by atoms with Gasteiger partial charge in [-0.3, -0.25) is 4.79 Å². The van der Waals surface area contributed by atoms with Gasteiger partial charge >= 0.3 is 0 Å². The molecule has 33 heavy (non-hydrogen) atoms. The molecule has 5 rings (SSSR count). The molecule has 1 fully saturated rings. The van der Waals surface area contributed by atoms with E-state index in [1.807, 2.05) is 42.5 Å². The van der Waals surface area contributed by atoms with Crippen LogP contribution < -0.4 is 10.2 Å². The maximum atomic E-state index is 13.3. The van der Waals surface area contributed by atoms with Gasteiger partial charge in [0.1, 0.15) is 5.82 Å².